The number of fused-ring (bicyclic) bond motifs is 1. The van der Waals surface area contributed by atoms with Gasteiger partial charge in [-0.15, -0.1) is 0 Å². The van der Waals surface area contributed by atoms with Crippen molar-refractivity contribution >= 4 is 17.1 Å². The molecule has 1 unspecified atom stereocenters. The number of urea groups is 1. The van der Waals surface area contributed by atoms with E-state index >= 15 is 0 Å². The van der Waals surface area contributed by atoms with Crippen molar-refractivity contribution in [2.45, 2.75) is 32.9 Å². The van der Waals surface area contributed by atoms with Crippen molar-refractivity contribution in [3.05, 3.63) is 29.1 Å². The quantitative estimate of drug-likeness (QED) is 0.780. The molecule has 3 rings (SSSR count). The number of nitrogens with one attached hydrogen (secondary N) is 2. The molecule has 0 spiro atoms. The molecule has 1 atom stereocenters. The molecule has 0 radical (unpaired) electrons. The van der Waals surface area contributed by atoms with E-state index in [9.17, 15) is 4.79 Å². The Kier molecular flexibility index (Phi) is 3.55. The fourth-order valence-corrected chi connectivity index (χ4v) is 2.69. The summed E-state index contributed by atoms with van der Waals surface area (Å²) in [6.07, 6.45) is 0.872. The Bertz CT molecular complexity index is 678. The number of benzene rings is 1. The number of rotatable bonds is 2. The maximum atomic E-state index is 12.0. The van der Waals surface area contributed by atoms with Gasteiger partial charge < -0.3 is 20.9 Å². The normalized spacial score (nSPS) is 18.4. The number of hydrogen-bond donors (Lipinski definition) is 3. The number of nitrogens with zero attached hydrogens (tertiary/aromatic N) is 2. The molecule has 0 saturated carbocycles. The molecule has 1 aliphatic rings. The summed E-state index contributed by atoms with van der Waals surface area (Å²) in [5.74, 6) is 0.774. The summed E-state index contributed by atoms with van der Waals surface area (Å²) >= 11 is 0. The highest BCUT2D eigenvalue weighted by molar-refractivity contribution is 5.80. The third kappa shape index (κ3) is 2.71. The topological polar surface area (TPSA) is 87.0 Å². The molecule has 1 aromatic heterocycles. The van der Waals surface area contributed by atoms with E-state index in [0.29, 0.717) is 13.1 Å². The lowest BCUT2D eigenvalue weighted by atomic mass is 10.1. The van der Waals surface area contributed by atoms with Crippen LogP contribution in [0.5, 0.6) is 0 Å². The van der Waals surface area contributed by atoms with Gasteiger partial charge in [-0.05, 0) is 37.5 Å². The third-order valence-electron chi connectivity index (χ3n) is 4.15. The van der Waals surface area contributed by atoms with Gasteiger partial charge >= 0.3 is 6.03 Å². The number of aromatic amines is 1. The summed E-state index contributed by atoms with van der Waals surface area (Å²) in [5.41, 5.74) is 10.2. The Morgan fingerprint density at radius 2 is 2.33 bits per heavy atom. The van der Waals surface area contributed by atoms with Gasteiger partial charge in [0.05, 0.1) is 17.6 Å². The molecule has 2 heterocycles. The molecule has 112 valence electrons. The summed E-state index contributed by atoms with van der Waals surface area (Å²) in [6.45, 7) is 5.89. The van der Waals surface area contributed by atoms with E-state index in [-0.39, 0.29) is 12.1 Å². The second-order valence-electron chi connectivity index (χ2n) is 5.74. The number of amides is 2. The number of H-pyrrole nitrogens is 1. The van der Waals surface area contributed by atoms with Crippen molar-refractivity contribution in [2.75, 3.05) is 13.1 Å². The van der Waals surface area contributed by atoms with E-state index in [1.165, 1.54) is 11.1 Å². The lowest BCUT2D eigenvalue weighted by molar-refractivity contribution is 0.207. The number of likely N-dealkylation sites (tertiary alicyclic amines) is 1. The molecule has 2 amide bonds. The molecule has 21 heavy (non-hydrogen) atoms. The second kappa shape index (κ2) is 5.37. The van der Waals surface area contributed by atoms with Crippen LogP contribution in [0.1, 0.15) is 23.4 Å². The number of carbonyl (C=O) groups excluding carboxylic acids is 1. The summed E-state index contributed by atoms with van der Waals surface area (Å²) in [4.78, 5) is 21.6. The Hall–Kier alpha value is -2.08. The smallest absolute Gasteiger partial charge is 0.317 e. The third-order valence-corrected chi connectivity index (χ3v) is 4.15. The highest BCUT2D eigenvalue weighted by Crippen LogP contribution is 2.19. The standard InChI is InChI=1S/C15H21N5O/c1-9-3-4-12-14(10(9)2)19-13(18-12)7-17-15(21)20-6-5-11(16)8-20/h3-4,11H,5-8,16H2,1-2H3,(H,17,21)(H,18,19). The average molecular weight is 287 g/mol. The Balaban J connectivity index is 1.68. The lowest BCUT2D eigenvalue weighted by Crippen LogP contribution is -2.39. The molecule has 1 fully saturated rings. The van der Waals surface area contributed by atoms with Gasteiger partial charge in [0.1, 0.15) is 5.82 Å². The number of hydrogen-bond acceptors (Lipinski definition) is 3. The summed E-state index contributed by atoms with van der Waals surface area (Å²) in [6, 6.07) is 4.13. The zero-order valence-corrected chi connectivity index (χ0v) is 12.4. The molecular formula is C15H21N5O. The van der Waals surface area contributed by atoms with Crippen molar-refractivity contribution in [1.82, 2.24) is 20.2 Å². The van der Waals surface area contributed by atoms with Gasteiger partial charge in [0.15, 0.2) is 0 Å². The molecular weight excluding hydrogens is 266 g/mol. The van der Waals surface area contributed by atoms with Crippen LogP contribution in [0.25, 0.3) is 11.0 Å². The maximum Gasteiger partial charge on any atom is 0.317 e. The number of nitrogens with two attached hydrogens (primary N) is 1. The Labute approximate surface area is 123 Å². The van der Waals surface area contributed by atoms with Crippen LogP contribution in [0.4, 0.5) is 4.79 Å². The van der Waals surface area contributed by atoms with E-state index in [4.69, 9.17) is 5.73 Å². The highest BCUT2D eigenvalue weighted by Gasteiger charge is 2.23. The van der Waals surface area contributed by atoms with Crippen LogP contribution in [0.3, 0.4) is 0 Å². The fraction of sp³-hybridized carbons (Fsp3) is 0.467. The highest BCUT2D eigenvalue weighted by atomic mass is 16.2. The maximum absolute atomic E-state index is 12.0. The Morgan fingerprint density at radius 1 is 1.52 bits per heavy atom. The van der Waals surface area contributed by atoms with Crippen molar-refractivity contribution < 1.29 is 4.79 Å². The van der Waals surface area contributed by atoms with Gasteiger partial charge in [0, 0.05) is 19.1 Å². The molecule has 1 aromatic carbocycles. The van der Waals surface area contributed by atoms with E-state index < -0.39 is 0 Å². The largest absolute Gasteiger partial charge is 0.340 e. The number of carbonyl (C=O) groups is 1. The van der Waals surface area contributed by atoms with Crippen LogP contribution < -0.4 is 11.1 Å². The second-order valence-corrected chi connectivity index (χ2v) is 5.74. The van der Waals surface area contributed by atoms with E-state index in [0.717, 1.165) is 29.8 Å². The first-order chi connectivity index (χ1) is 10.0. The molecule has 4 N–H and O–H groups in total. The van der Waals surface area contributed by atoms with Gasteiger partial charge in [-0.2, -0.15) is 0 Å². The van der Waals surface area contributed by atoms with E-state index in [2.05, 4.69) is 35.2 Å². The Morgan fingerprint density at radius 3 is 3.05 bits per heavy atom. The summed E-state index contributed by atoms with van der Waals surface area (Å²) in [5, 5.41) is 2.89. The molecule has 2 aromatic rings. The van der Waals surface area contributed by atoms with Gasteiger partial charge in [-0.1, -0.05) is 6.07 Å². The van der Waals surface area contributed by atoms with Crippen molar-refractivity contribution in [3.63, 3.8) is 0 Å². The minimum absolute atomic E-state index is 0.0729. The first-order valence-electron chi connectivity index (χ1n) is 7.28. The van der Waals surface area contributed by atoms with Crippen LogP contribution in [0, 0.1) is 13.8 Å². The van der Waals surface area contributed by atoms with Gasteiger partial charge in [-0.25, -0.2) is 9.78 Å². The fourth-order valence-electron chi connectivity index (χ4n) is 2.69. The van der Waals surface area contributed by atoms with E-state index in [1.54, 1.807) is 4.90 Å². The van der Waals surface area contributed by atoms with Gasteiger partial charge in [0.25, 0.3) is 0 Å². The zero-order valence-electron chi connectivity index (χ0n) is 12.4. The molecule has 0 aliphatic carbocycles. The van der Waals surface area contributed by atoms with Crippen molar-refractivity contribution in [1.29, 1.82) is 0 Å². The van der Waals surface area contributed by atoms with Crippen LogP contribution >= 0.6 is 0 Å². The minimum Gasteiger partial charge on any atom is -0.340 e. The van der Waals surface area contributed by atoms with Gasteiger partial charge in [-0.3, -0.25) is 0 Å². The summed E-state index contributed by atoms with van der Waals surface area (Å²) < 4.78 is 0. The monoisotopic (exact) mass is 287 g/mol. The minimum atomic E-state index is -0.0729. The van der Waals surface area contributed by atoms with Crippen molar-refractivity contribution in [3.8, 4) is 0 Å². The number of aromatic nitrogens is 2. The predicted octanol–water partition coefficient (Wildman–Crippen LogP) is 1.42. The summed E-state index contributed by atoms with van der Waals surface area (Å²) in [7, 11) is 0. The molecule has 6 heteroatoms. The first kappa shape index (κ1) is 13.9. The first-order valence-corrected chi connectivity index (χ1v) is 7.28. The molecule has 1 aliphatic heterocycles. The molecule has 6 nitrogen and oxygen atoms in total. The van der Waals surface area contributed by atoms with E-state index in [1.807, 2.05) is 6.07 Å². The van der Waals surface area contributed by atoms with Crippen LogP contribution in [-0.4, -0.2) is 40.0 Å². The number of imidazole rings is 1. The average Bonchev–Trinajstić information content (AvgIpc) is 3.07. The SMILES string of the molecule is Cc1ccc2[nH]c(CNC(=O)N3CCC(N)C3)nc2c1C. The van der Waals surface area contributed by atoms with Crippen LogP contribution in [0.15, 0.2) is 12.1 Å². The predicted molar refractivity (Wildman–Crippen MR) is 82.0 cm³/mol. The number of aryl methyl sites for hydroxylation is 2. The van der Waals surface area contributed by atoms with Gasteiger partial charge in [0.2, 0.25) is 0 Å². The van der Waals surface area contributed by atoms with Crippen LogP contribution in [-0.2, 0) is 6.54 Å². The zero-order chi connectivity index (χ0) is 15.0. The molecule has 1 saturated heterocycles. The lowest BCUT2D eigenvalue weighted by Gasteiger charge is -2.15. The molecule has 0 bridgehead atoms. The van der Waals surface area contributed by atoms with Crippen molar-refractivity contribution in [2.24, 2.45) is 5.73 Å². The van der Waals surface area contributed by atoms with Crippen LogP contribution in [0.2, 0.25) is 0 Å².